The molecule has 0 aromatic heterocycles. The Labute approximate surface area is 131 Å². The first-order valence-corrected chi connectivity index (χ1v) is 7.85. The first-order chi connectivity index (χ1) is 10.7. The fourth-order valence-corrected chi connectivity index (χ4v) is 2.34. The minimum Gasteiger partial charge on any atom is -0.336 e. The van der Waals surface area contributed by atoms with E-state index < -0.39 is 0 Å². The third-order valence-electron chi connectivity index (χ3n) is 3.64. The lowest BCUT2D eigenvalue weighted by molar-refractivity contribution is 0.216. The third kappa shape index (κ3) is 4.95. The maximum absolute atomic E-state index is 11.8. The molecule has 0 radical (unpaired) electrons. The van der Waals surface area contributed by atoms with Gasteiger partial charge in [0.25, 0.3) is 0 Å². The van der Waals surface area contributed by atoms with Gasteiger partial charge >= 0.3 is 12.1 Å². The number of hydrogen-bond donors (Lipinski definition) is 3. The van der Waals surface area contributed by atoms with Gasteiger partial charge in [-0.2, -0.15) is 0 Å². The van der Waals surface area contributed by atoms with Crippen molar-refractivity contribution < 1.29 is 9.59 Å². The van der Waals surface area contributed by atoms with Crippen molar-refractivity contribution in [1.82, 2.24) is 15.5 Å². The van der Waals surface area contributed by atoms with Crippen LogP contribution in [0.1, 0.15) is 25.3 Å². The lowest BCUT2D eigenvalue weighted by Crippen LogP contribution is -2.38. The number of amides is 4. The number of nitrogens with zero attached hydrogens (tertiary/aromatic N) is 1. The Morgan fingerprint density at radius 2 is 2.09 bits per heavy atom. The van der Waals surface area contributed by atoms with E-state index in [1.54, 1.807) is 4.90 Å². The molecular weight excluding hydrogens is 280 g/mol. The molecule has 22 heavy (non-hydrogen) atoms. The van der Waals surface area contributed by atoms with E-state index in [-0.39, 0.29) is 12.1 Å². The molecule has 0 unspecified atom stereocenters. The van der Waals surface area contributed by atoms with Crippen molar-refractivity contribution in [2.45, 2.75) is 26.2 Å². The molecule has 2 rings (SSSR count). The molecule has 0 saturated carbocycles. The van der Waals surface area contributed by atoms with Crippen LogP contribution in [0.25, 0.3) is 0 Å². The van der Waals surface area contributed by atoms with Crippen molar-refractivity contribution in [3.8, 4) is 0 Å². The van der Waals surface area contributed by atoms with E-state index in [1.165, 1.54) is 18.4 Å². The van der Waals surface area contributed by atoms with Crippen LogP contribution in [0.4, 0.5) is 15.3 Å². The van der Waals surface area contributed by atoms with Crippen LogP contribution in [-0.4, -0.2) is 43.1 Å². The van der Waals surface area contributed by atoms with Gasteiger partial charge in [-0.15, -0.1) is 0 Å². The number of carbonyl (C=O) groups excluding carboxylic acids is 2. The SMILES string of the molecule is CCCCc1ccc(NC(=O)NCCN2CCNC2=O)cc1. The second-order valence-corrected chi connectivity index (χ2v) is 5.40. The summed E-state index contributed by atoms with van der Waals surface area (Å²) in [7, 11) is 0. The lowest BCUT2D eigenvalue weighted by Gasteiger charge is -2.14. The summed E-state index contributed by atoms with van der Waals surface area (Å²) in [4.78, 5) is 24.8. The number of carbonyl (C=O) groups is 2. The smallest absolute Gasteiger partial charge is 0.319 e. The molecule has 6 nitrogen and oxygen atoms in total. The fraction of sp³-hybridized carbons (Fsp3) is 0.500. The number of unbranched alkanes of at least 4 members (excludes halogenated alkanes) is 1. The first-order valence-electron chi connectivity index (χ1n) is 7.85. The average molecular weight is 304 g/mol. The van der Waals surface area contributed by atoms with Gasteiger partial charge in [-0.3, -0.25) is 0 Å². The van der Waals surface area contributed by atoms with Crippen molar-refractivity contribution in [2.75, 3.05) is 31.5 Å². The normalized spacial score (nSPS) is 13.9. The van der Waals surface area contributed by atoms with Crippen LogP contribution in [0.15, 0.2) is 24.3 Å². The van der Waals surface area contributed by atoms with Crippen molar-refractivity contribution in [3.63, 3.8) is 0 Å². The molecule has 6 heteroatoms. The molecule has 3 N–H and O–H groups in total. The molecular formula is C16H24N4O2. The highest BCUT2D eigenvalue weighted by Gasteiger charge is 2.18. The highest BCUT2D eigenvalue weighted by molar-refractivity contribution is 5.89. The lowest BCUT2D eigenvalue weighted by atomic mass is 10.1. The maximum Gasteiger partial charge on any atom is 0.319 e. The summed E-state index contributed by atoms with van der Waals surface area (Å²) >= 11 is 0. The standard InChI is InChI=1S/C16H24N4O2/c1-2-3-4-13-5-7-14(8-6-13)19-15(21)17-9-11-20-12-10-18-16(20)22/h5-8H,2-4,9-12H2,1H3,(H,18,22)(H2,17,19,21). The zero-order valence-electron chi connectivity index (χ0n) is 13.0. The van der Waals surface area contributed by atoms with E-state index >= 15 is 0 Å². The Bertz CT molecular complexity index is 501. The summed E-state index contributed by atoms with van der Waals surface area (Å²) in [5, 5.41) is 8.27. The zero-order valence-corrected chi connectivity index (χ0v) is 13.0. The molecule has 1 heterocycles. The zero-order chi connectivity index (χ0) is 15.8. The van der Waals surface area contributed by atoms with Crippen LogP contribution in [-0.2, 0) is 6.42 Å². The summed E-state index contributed by atoms with van der Waals surface area (Å²) in [5.41, 5.74) is 2.06. The van der Waals surface area contributed by atoms with Gasteiger partial charge in [0.2, 0.25) is 0 Å². The van der Waals surface area contributed by atoms with Crippen molar-refractivity contribution in [3.05, 3.63) is 29.8 Å². The number of benzene rings is 1. The molecule has 0 bridgehead atoms. The number of urea groups is 2. The average Bonchev–Trinajstić information content (AvgIpc) is 2.92. The highest BCUT2D eigenvalue weighted by atomic mass is 16.2. The van der Waals surface area contributed by atoms with E-state index in [4.69, 9.17) is 0 Å². The number of aryl methyl sites for hydroxylation is 1. The Balaban J connectivity index is 1.69. The molecule has 0 atom stereocenters. The minimum atomic E-state index is -0.249. The molecule has 1 aliphatic rings. The van der Waals surface area contributed by atoms with Gasteiger partial charge in [0.05, 0.1) is 0 Å². The van der Waals surface area contributed by atoms with Gasteiger partial charge in [0, 0.05) is 31.9 Å². The summed E-state index contributed by atoms with van der Waals surface area (Å²) in [5.74, 6) is 0. The quantitative estimate of drug-likeness (QED) is 0.722. The molecule has 1 aromatic carbocycles. The van der Waals surface area contributed by atoms with Gasteiger partial charge < -0.3 is 20.9 Å². The third-order valence-corrected chi connectivity index (χ3v) is 3.64. The van der Waals surface area contributed by atoms with Gasteiger partial charge in [-0.25, -0.2) is 9.59 Å². The number of anilines is 1. The van der Waals surface area contributed by atoms with Crippen LogP contribution < -0.4 is 16.0 Å². The second-order valence-electron chi connectivity index (χ2n) is 5.40. The monoisotopic (exact) mass is 304 g/mol. The molecule has 1 aromatic rings. The largest absolute Gasteiger partial charge is 0.336 e. The molecule has 1 fully saturated rings. The van der Waals surface area contributed by atoms with E-state index in [1.807, 2.05) is 24.3 Å². The van der Waals surface area contributed by atoms with Crippen LogP contribution in [0.5, 0.6) is 0 Å². The summed E-state index contributed by atoms with van der Waals surface area (Å²) in [6.07, 6.45) is 3.43. The van der Waals surface area contributed by atoms with E-state index in [0.717, 1.165) is 12.1 Å². The van der Waals surface area contributed by atoms with Crippen molar-refractivity contribution in [2.24, 2.45) is 0 Å². The number of nitrogens with one attached hydrogen (secondary N) is 3. The van der Waals surface area contributed by atoms with E-state index in [0.29, 0.717) is 26.2 Å². The van der Waals surface area contributed by atoms with Crippen molar-refractivity contribution >= 4 is 17.7 Å². The Morgan fingerprint density at radius 1 is 1.32 bits per heavy atom. The molecule has 4 amide bonds. The van der Waals surface area contributed by atoms with Gasteiger partial charge in [-0.1, -0.05) is 25.5 Å². The van der Waals surface area contributed by atoms with Crippen LogP contribution in [0.3, 0.4) is 0 Å². The fourth-order valence-electron chi connectivity index (χ4n) is 2.34. The first kappa shape index (κ1) is 16.1. The van der Waals surface area contributed by atoms with Crippen LogP contribution >= 0.6 is 0 Å². The maximum atomic E-state index is 11.8. The summed E-state index contributed by atoms with van der Waals surface area (Å²) in [6.45, 7) is 4.51. The predicted molar refractivity (Wildman–Crippen MR) is 87.0 cm³/mol. The van der Waals surface area contributed by atoms with Gasteiger partial charge in [0.1, 0.15) is 0 Å². The Hall–Kier alpha value is -2.24. The summed E-state index contributed by atoms with van der Waals surface area (Å²) in [6, 6.07) is 7.60. The van der Waals surface area contributed by atoms with Crippen LogP contribution in [0.2, 0.25) is 0 Å². The minimum absolute atomic E-state index is 0.0649. The summed E-state index contributed by atoms with van der Waals surface area (Å²) < 4.78 is 0. The van der Waals surface area contributed by atoms with Crippen molar-refractivity contribution in [1.29, 1.82) is 0 Å². The second kappa shape index (κ2) is 8.26. The molecule has 0 aliphatic carbocycles. The van der Waals surface area contributed by atoms with Gasteiger partial charge in [-0.05, 0) is 30.5 Å². The van der Waals surface area contributed by atoms with Gasteiger partial charge in [0.15, 0.2) is 0 Å². The molecule has 1 aliphatic heterocycles. The topological polar surface area (TPSA) is 73.5 Å². The highest BCUT2D eigenvalue weighted by Crippen LogP contribution is 2.11. The predicted octanol–water partition coefficient (Wildman–Crippen LogP) is 2.18. The Kier molecular flexibility index (Phi) is 6.06. The molecule has 120 valence electrons. The molecule has 0 spiro atoms. The van der Waals surface area contributed by atoms with E-state index in [9.17, 15) is 9.59 Å². The molecule has 1 saturated heterocycles. The number of rotatable bonds is 7. The van der Waals surface area contributed by atoms with E-state index in [2.05, 4.69) is 22.9 Å². The Morgan fingerprint density at radius 3 is 2.73 bits per heavy atom. The van der Waals surface area contributed by atoms with Crippen LogP contribution in [0, 0.1) is 0 Å². The number of hydrogen-bond acceptors (Lipinski definition) is 2.